The summed E-state index contributed by atoms with van der Waals surface area (Å²) in [5, 5.41) is 4.33. The Labute approximate surface area is 92.9 Å². The van der Waals surface area contributed by atoms with Crippen LogP contribution in [0.25, 0.3) is 0 Å². The molecule has 1 fully saturated rings. The van der Waals surface area contributed by atoms with Gasteiger partial charge in [-0.25, -0.2) is 4.98 Å². The number of nitrogens with one attached hydrogen (secondary N) is 1. The average molecular weight is 229 g/mol. The van der Waals surface area contributed by atoms with Crippen LogP contribution in [-0.2, 0) is 0 Å². The van der Waals surface area contributed by atoms with Crippen LogP contribution in [0.15, 0.2) is 6.33 Å². The molecule has 2 rings (SSSR count). The van der Waals surface area contributed by atoms with Crippen molar-refractivity contribution in [3.8, 4) is 0 Å². The van der Waals surface area contributed by atoms with Crippen LogP contribution in [0, 0.1) is 0 Å². The molecular weight excluding hydrogens is 214 g/mol. The molecule has 1 aromatic rings. The number of anilines is 1. The molecule has 5 heteroatoms. The zero-order valence-electron chi connectivity index (χ0n) is 8.32. The van der Waals surface area contributed by atoms with Crippen molar-refractivity contribution in [2.45, 2.75) is 30.4 Å². The Morgan fingerprint density at radius 3 is 2.93 bits per heavy atom. The van der Waals surface area contributed by atoms with Crippen molar-refractivity contribution in [3.05, 3.63) is 6.33 Å². The van der Waals surface area contributed by atoms with E-state index < -0.39 is 0 Å². The third-order valence-electron chi connectivity index (χ3n) is 2.87. The minimum Gasteiger partial charge on any atom is -0.359 e. The second-order valence-corrected chi connectivity index (χ2v) is 5.75. The number of thioether (sulfide) groups is 1. The SMILES string of the molecule is CSC1(CNc2ncns2)CCCC1. The van der Waals surface area contributed by atoms with E-state index in [4.69, 9.17) is 0 Å². The maximum absolute atomic E-state index is 4.13. The van der Waals surface area contributed by atoms with Crippen LogP contribution >= 0.6 is 23.3 Å². The predicted molar refractivity (Wildman–Crippen MR) is 63.1 cm³/mol. The molecule has 1 aliphatic carbocycles. The lowest BCUT2D eigenvalue weighted by molar-refractivity contribution is 0.639. The third kappa shape index (κ3) is 2.20. The summed E-state index contributed by atoms with van der Waals surface area (Å²) < 4.78 is 4.43. The summed E-state index contributed by atoms with van der Waals surface area (Å²) in [5.74, 6) is 0. The highest BCUT2D eigenvalue weighted by molar-refractivity contribution is 8.00. The molecule has 0 atom stereocenters. The fourth-order valence-corrected chi connectivity index (χ4v) is 3.30. The standard InChI is InChI=1S/C9H15N3S2/c1-13-9(4-2-3-5-9)6-10-8-11-7-12-14-8/h7H,2-6H2,1H3,(H,10,11,12). The lowest BCUT2D eigenvalue weighted by atomic mass is 10.1. The van der Waals surface area contributed by atoms with E-state index in [-0.39, 0.29) is 0 Å². The molecule has 0 bridgehead atoms. The van der Waals surface area contributed by atoms with E-state index in [2.05, 4.69) is 20.9 Å². The molecule has 1 aromatic heterocycles. The van der Waals surface area contributed by atoms with Crippen LogP contribution in [0.5, 0.6) is 0 Å². The molecule has 14 heavy (non-hydrogen) atoms. The van der Waals surface area contributed by atoms with Gasteiger partial charge in [0, 0.05) is 22.8 Å². The highest BCUT2D eigenvalue weighted by atomic mass is 32.2. The van der Waals surface area contributed by atoms with Gasteiger partial charge in [0.2, 0.25) is 5.13 Å². The Morgan fingerprint density at radius 2 is 2.36 bits per heavy atom. The van der Waals surface area contributed by atoms with E-state index in [0.29, 0.717) is 4.75 Å². The second-order valence-electron chi connectivity index (χ2n) is 3.69. The molecule has 1 aliphatic rings. The zero-order valence-corrected chi connectivity index (χ0v) is 9.96. The summed E-state index contributed by atoms with van der Waals surface area (Å²) in [6.07, 6.45) is 9.23. The Kier molecular flexibility index (Phi) is 3.28. The Bertz CT molecular complexity index is 268. The molecule has 1 N–H and O–H groups in total. The van der Waals surface area contributed by atoms with Gasteiger partial charge in [0.1, 0.15) is 6.33 Å². The van der Waals surface area contributed by atoms with Gasteiger partial charge in [-0.1, -0.05) is 12.8 Å². The maximum Gasteiger partial charge on any atom is 0.202 e. The van der Waals surface area contributed by atoms with Crippen molar-refractivity contribution in [1.82, 2.24) is 9.36 Å². The first kappa shape index (κ1) is 10.2. The van der Waals surface area contributed by atoms with Gasteiger partial charge in [-0.3, -0.25) is 0 Å². The van der Waals surface area contributed by atoms with Crippen LogP contribution in [0.3, 0.4) is 0 Å². The van der Waals surface area contributed by atoms with Crippen LogP contribution in [0.2, 0.25) is 0 Å². The third-order valence-corrected chi connectivity index (χ3v) is 4.91. The largest absolute Gasteiger partial charge is 0.359 e. The molecule has 0 spiro atoms. The monoisotopic (exact) mass is 229 g/mol. The van der Waals surface area contributed by atoms with Crippen molar-refractivity contribution < 1.29 is 0 Å². The van der Waals surface area contributed by atoms with E-state index in [9.17, 15) is 0 Å². The Balaban J connectivity index is 1.89. The fraction of sp³-hybridized carbons (Fsp3) is 0.778. The van der Waals surface area contributed by atoms with Crippen LogP contribution in [0.1, 0.15) is 25.7 Å². The Morgan fingerprint density at radius 1 is 1.57 bits per heavy atom. The quantitative estimate of drug-likeness (QED) is 0.861. The van der Waals surface area contributed by atoms with E-state index >= 15 is 0 Å². The van der Waals surface area contributed by atoms with Gasteiger partial charge in [-0.15, -0.1) is 0 Å². The first-order valence-corrected chi connectivity index (χ1v) is 6.90. The first-order valence-electron chi connectivity index (χ1n) is 4.90. The lowest BCUT2D eigenvalue weighted by Crippen LogP contribution is -2.29. The van der Waals surface area contributed by atoms with Crippen molar-refractivity contribution >= 4 is 28.4 Å². The highest BCUT2D eigenvalue weighted by Crippen LogP contribution is 2.40. The zero-order chi connectivity index (χ0) is 9.86. The van der Waals surface area contributed by atoms with E-state index in [1.807, 2.05) is 11.8 Å². The molecule has 0 aromatic carbocycles. The van der Waals surface area contributed by atoms with E-state index in [0.717, 1.165) is 11.7 Å². The van der Waals surface area contributed by atoms with Gasteiger partial charge in [0.05, 0.1) is 0 Å². The summed E-state index contributed by atoms with van der Waals surface area (Å²) in [6, 6.07) is 0. The second kappa shape index (κ2) is 4.49. The molecule has 78 valence electrons. The molecule has 0 unspecified atom stereocenters. The molecule has 3 nitrogen and oxygen atoms in total. The molecule has 0 amide bonds. The minimum atomic E-state index is 0.450. The summed E-state index contributed by atoms with van der Waals surface area (Å²) >= 11 is 3.43. The molecule has 0 saturated heterocycles. The molecule has 1 heterocycles. The minimum absolute atomic E-state index is 0.450. The maximum atomic E-state index is 4.13. The number of hydrogen-bond acceptors (Lipinski definition) is 5. The van der Waals surface area contributed by atoms with Gasteiger partial charge in [0.15, 0.2) is 0 Å². The number of nitrogens with zero attached hydrogens (tertiary/aromatic N) is 2. The molecule has 0 radical (unpaired) electrons. The van der Waals surface area contributed by atoms with Crippen molar-refractivity contribution in [2.24, 2.45) is 0 Å². The smallest absolute Gasteiger partial charge is 0.202 e. The van der Waals surface area contributed by atoms with Gasteiger partial charge in [-0.2, -0.15) is 16.1 Å². The molecule has 1 saturated carbocycles. The van der Waals surface area contributed by atoms with E-state index in [1.54, 1.807) is 6.33 Å². The van der Waals surface area contributed by atoms with Gasteiger partial charge < -0.3 is 5.32 Å². The fourth-order valence-electron chi connectivity index (χ4n) is 1.96. The molecule has 0 aliphatic heterocycles. The van der Waals surface area contributed by atoms with Crippen molar-refractivity contribution in [3.63, 3.8) is 0 Å². The normalized spacial score (nSPS) is 19.8. The van der Waals surface area contributed by atoms with Crippen LogP contribution in [-0.4, -0.2) is 26.9 Å². The number of rotatable bonds is 4. The average Bonchev–Trinajstić information content (AvgIpc) is 2.87. The first-order chi connectivity index (χ1) is 6.85. The van der Waals surface area contributed by atoms with Crippen molar-refractivity contribution in [2.75, 3.05) is 18.1 Å². The van der Waals surface area contributed by atoms with E-state index in [1.165, 1.54) is 37.2 Å². The topological polar surface area (TPSA) is 37.8 Å². The van der Waals surface area contributed by atoms with Crippen LogP contribution in [0.4, 0.5) is 5.13 Å². The van der Waals surface area contributed by atoms with Gasteiger partial charge in [0.25, 0.3) is 0 Å². The summed E-state index contributed by atoms with van der Waals surface area (Å²) in [6.45, 7) is 1.03. The summed E-state index contributed by atoms with van der Waals surface area (Å²) in [7, 11) is 0. The van der Waals surface area contributed by atoms with Crippen molar-refractivity contribution in [1.29, 1.82) is 0 Å². The van der Waals surface area contributed by atoms with Gasteiger partial charge in [-0.05, 0) is 19.1 Å². The highest BCUT2D eigenvalue weighted by Gasteiger charge is 2.32. The summed E-state index contributed by atoms with van der Waals surface area (Å²) in [4.78, 5) is 4.13. The number of hydrogen-bond donors (Lipinski definition) is 1. The Hall–Kier alpha value is -0.290. The van der Waals surface area contributed by atoms with Crippen LogP contribution < -0.4 is 5.32 Å². The van der Waals surface area contributed by atoms with Gasteiger partial charge >= 0.3 is 0 Å². The molecular formula is C9H15N3S2. The summed E-state index contributed by atoms with van der Waals surface area (Å²) in [5.41, 5.74) is 0. The number of aromatic nitrogens is 2. The predicted octanol–water partition coefficient (Wildman–Crippen LogP) is 2.63. The lowest BCUT2D eigenvalue weighted by Gasteiger charge is -2.26.